The average molecular weight is 285 g/mol. The third kappa shape index (κ3) is 1.94. The molecule has 3 N–H and O–H groups in total. The van der Waals surface area contributed by atoms with Gasteiger partial charge in [0.05, 0.1) is 18.8 Å². The first-order valence-corrected chi connectivity index (χ1v) is 6.95. The number of hydrogen-bond donors (Lipinski definition) is 3. The maximum atomic E-state index is 12.0. The van der Waals surface area contributed by atoms with Crippen molar-refractivity contribution < 1.29 is 18.4 Å². The van der Waals surface area contributed by atoms with E-state index in [0.717, 1.165) is 0 Å². The first-order valence-electron chi connectivity index (χ1n) is 5.47. The predicted molar refractivity (Wildman–Crippen MR) is 61.4 cm³/mol. The summed E-state index contributed by atoms with van der Waals surface area (Å²) in [5, 5.41) is 16.1. The number of hydrogen-bond acceptors (Lipinski definition) is 5. The average Bonchev–Trinajstić information content (AvgIpc) is 2.95. The van der Waals surface area contributed by atoms with Gasteiger partial charge in [-0.2, -0.15) is 10.2 Å². The summed E-state index contributed by atoms with van der Waals surface area (Å²) in [7, 11) is -3.72. The van der Waals surface area contributed by atoms with Crippen LogP contribution in [0.4, 0.5) is 4.79 Å². The van der Waals surface area contributed by atoms with Crippen molar-refractivity contribution in [1.82, 2.24) is 24.9 Å². The van der Waals surface area contributed by atoms with E-state index in [1.54, 1.807) is 0 Å². The Kier molecular flexibility index (Phi) is 2.50. The molecule has 2 aliphatic heterocycles. The van der Waals surface area contributed by atoms with E-state index in [-0.39, 0.29) is 11.4 Å². The zero-order valence-electron chi connectivity index (χ0n) is 9.65. The molecule has 2 bridgehead atoms. The molecule has 0 aliphatic carbocycles. The first kappa shape index (κ1) is 12.0. The molecule has 1 unspecified atom stereocenters. The van der Waals surface area contributed by atoms with Gasteiger partial charge in [-0.3, -0.25) is 15.0 Å². The second kappa shape index (κ2) is 3.96. The molecule has 9 nitrogen and oxygen atoms in total. The molecule has 0 aromatic carbocycles. The van der Waals surface area contributed by atoms with E-state index in [1.807, 2.05) is 0 Å². The molecule has 10 heteroatoms. The van der Waals surface area contributed by atoms with Gasteiger partial charge in [0.2, 0.25) is 0 Å². The van der Waals surface area contributed by atoms with Crippen LogP contribution in [0.1, 0.15) is 0 Å². The van der Waals surface area contributed by atoms with Gasteiger partial charge in [0, 0.05) is 18.4 Å². The predicted octanol–water partition coefficient (Wildman–Crippen LogP) is -0.919. The lowest BCUT2D eigenvalue weighted by Crippen LogP contribution is -2.37. The third-order valence-corrected chi connectivity index (χ3v) is 4.37. The third-order valence-electron chi connectivity index (χ3n) is 2.99. The number of nitrogens with zero attached hydrogens (tertiary/aromatic N) is 3. The molecule has 102 valence electrons. The van der Waals surface area contributed by atoms with Crippen molar-refractivity contribution >= 4 is 16.1 Å². The Morgan fingerprint density at radius 3 is 2.95 bits per heavy atom. The molecule has 0 spiro atoms. The van der Waals surface area contributed by atoms with Crippen LogP contribution in [-0.2, 0) is 10.0 Å². The van der Waals surface area contributed by atoms with E-state index in [4.69, 9.17) is 0 Å². The Morgan fingerprint density at radius 2 is 2.32 bits per heavy atom. The van der Waals surface area contributed by atoms with Crippen molar-refractivity contribution in [2.75, 3.05) is 13.1 Å². The van der Waals surface area contributed by atoms with Crippen LogP contribution in [0, 0.1) is 0 Å². The Morgan fingerprint density at radius 1 is 1.53 bits per heavy atom. The number of carbonyl (C=O) groups is 1. The van der Waals surface area contributed by atoms with Crippen LogP contribution in [-0.4, -0.2) is 58.9 Å². The van der Waals surface area contributed by atoms with Crippen LogP contribution in [0.25, 0.3) is 0 Å². The minimum atomic E-state index is -3.72. The van der Waals surface area contributed by atoms with Gasteiger partial charge >= 0.3 is 6.03 Å². The number of amides is 2. The molecule has 3 rings (SSSR count). The Hall–Kier alpha value is -2.07. The van der Waals surface area contributed by atoms with Crippen LogP contribution in [0.5, 0.6) is 0 Å². The van der Waals surface area contributed by atoms with Crippen molar-refractivity contribution in [2.24, 2.45) is 0 Å². The molecule has 2 amide bonds. The lowest BCUT2D eigenvalue weighted by molar-refractivity contribution is -0.0451. The normalized spacial score (nSPS) is 22.7. The number of rotatable bonds is 3. The number of aromatic nitrogens is 2. The summed E-state index contributed by atoms with van der Waals surface area (Å²) in [6.07, 6.45) is 3.97. The van der Waals surface area contributed by atoms with E-state index >= 15 is 0 Å². The van der Waals surface area contributed by atoms with Crippen molar-refractivity contribution in [1.29, 1.82) is 0 Å². The van der Waals surface area contributed by atoms with Crippen LogP contribution in [0.3, 0.4) is 0 Å². The fourth-order valence-corrected chi connectivity index (χ4v) is 3.09. The zero-order valence-corrected chi connectivity index (χ0v) is 10.5. The highest BCUT2D eigenvalue weighted by Crippen LogP contribution is 2.22. The van der Waals surface area contributed by atoms with Crippen LogP contribution >= 0.6 is 0 Å². The second-order valence-corrected chi connectivity index (χ2v) is 5.99. The molecule has 1 aromatic rings. The summed E-state index contributed by atoms with van der Waals surface area (Å²) >= 11 is 0. The number of fused-ring (bicyclic) bond motifs is 2. The molecule has 0 saturated carbocycles. The molecule has 19 heavy (non-hydrogen) atoms. The van der Waals surface area contributed by atoms with Gasteiger partial charge < -0.3 is 4.90 Å². The summed E-state index contributed by atoms with van der Waals surface area (Å²) in [4.78, 5) is 12.9. The molecule has 3 heterocycles. The monoisotopic (exact) mass is 285 g/mol. The van der Waals surface area contributed by atoms with Crippen molar-refractivity contribution in [3.05, 3.63) is 24.2 Å². The van der Waals surface area contributed by atoms with Gasteiger partial charge in [0.25, 0.3) is 10.0 Å². The highest BCUT2D eigenvalue weighted by atomic mass is 32.2. The van der Waals surface area contributed by atoms with Crippen molar-refractivity contribution in [3.63, 3.8) is 0 Å². The SMILES string of the molecule is O=C1N2CC(NS(=O)(=O)c3cn[nH]c3)=CC(C2)N1O. The molecule has 1 aromatic heterocycles. The number of sulfonamides is 1. The van der Waals surface area contributed by atoms with Gasteiger partial charge in [0.15, 0.2) is 0 Å². The van der Waals surface area contributed by atoms with Gasteiger partial charge in [-0.1, -0.05) is 0 Å². The van der Waals surface area contributed by atoms with E-state index in [0.29, 0.717) is 17.3 Å². The maximum absolute atomic E-state index is 12.0. The Bertz CT molecular complexity index is 638. The number of urea groups is 1. The first-order chi connectivity index (χ1) is 8.97. The molecule has 1 fully saturated rings. The summed E-state index contributed by atoms with van der Waals surface area (Å²) in [5.74, 6) is 0. The molecule has 0 radical (unpaired) electrons. The lowest BCUT2D eigenvalue weighted by Gasteiger charge is -2.21. The van der Waals surface area contributed by atoms with Crippen molar-refractivity contribution in [3.8, 4) is 0 Å². The number of nitrogens with one attached hydrogen (secondary N) is 2. The molecule has 2 aliphatic rings. The van der Waals surface area contributed by atoms with Gasteiger partial charge in [-0.25, -0.2) is 13.2 Å². The maximum Gasteiger partial charge on any atom is 0.344 e. The summed E-state index contributed by atoms with van der Waals surface area (Å²) < 4.78 is 26.3. The second-order valence-electron chi connectivity index (χ2n) is 4.31. The topological polar surface area (TPSA) is 119 Å². The highest BCUT2D eigenvalue weighted by Gasteiger charge is 2.39. The van der Waals surface area contributed by atoms with Crippen LogP contribution in [0.2, 0.25) is 0 Å². The molecular weight excluding hydrogens is 274 g/mol. The van der Waals surface area contributed by atoms with Crippen molar-refractivity contribution in [2.45, 2.75) is 10.9 Å². The fraction of sp³-hybridized carbons (Fsp3) is 0.333. The minimum absolute atomic E-state index is 0.00787. The van der Waals surface area contributed by atoms with E-state index in [2.05, 4.69) is 14.9 Å². The largest absolute Gasteiger partial charge is 0.344 e. The van der Waals surface area contributed by atoms with E-state index in [9.17, 15) is 18.4 Å². The standard InChI is InChI=1S/C9H11N5O4S/c15-9-13-4-6(1-7(5-13)14(9)16)12-19(17,18)8-2-10-11-3-8/h1-3,7,12,16H,4-5H2,(H,10,11). The van der Waals surface area contributed by atoms with Gasteiger partial charge in [0.1, 0.15) is 4.90 Å². The number of H-pyrrole nitrogens is 1. The Labute approximate surface area is 108 Å². The number of carbonyl (C=O) groups excluding carboxylic acids is 1. The Balaban J connectivity index is 1.83. The highest BCUT2D eigenvalue weighted by molar-refractivity contribution is 7.89. The van der Waals surface area contributed by atoms with Gasteiger partial charge in [-0.05, 0) is 6.08 Å². The lowest BCUT2D eigenvalue weighted by atomic mass is 10.2. The summed E-state index contributed by atoms with van der Waals surface area (Å²) in [5.41, 5.74) is 0.349. The van der Waals surface area contributed by atoms with Crippen LogP contribution < -0.4 is 4.72 Å². The fourth-order valence-electron chi connectivity index (χ4n) is 2.10. The summed E-state index contributed by atoms with van der Waals surface area (Å²) in [6, 6.07) is -1.05. The summed E-state index contributed by atoms with van der Waals surface area (Å²) in [6.45, 7) is 0.468. The molecule has 1 atom stereocenters. The van der Waals surface area contributed by atoms with Crippen LogP contribution in [0.15, 0.2) is 29.1 Å². The minimum Gasteiger partial charge on any atom is -0.315 e. The zero-order chi connectivity index (χ0) is 13.6. The molecular formula is C9H11N5O4S. The van der Waals surface area contributed by atoms with E-state index in [1.165, 1.54) is 23.4 Å². The molecule has 1 saturated heterocycles. The number of aromatic amines is 1. The quantitative estimate of drug-likeness (QED) is 0.621. The smallest absolute Gasteiger partial charge is 0.315 e. The van der Waals surface area contributed by atoms with E-state index < -0.39 is 22.1 Å². The number of hydroxylamine groups is 2. The van der Waals surface area contributed by atoms with Gasteiger partial charge in [-0.15, -0.1) is 0 Å².